The van der Waals surface area contributed by atoms with Crippen molar-refractivity contribution >= 4 is 5.91 Å². The van der Waals surface area contributed by atoms with Crippen molar-refractivity contribution in [3.63, 3.8) is 0 Å². The Kier molecular flexibility index (Phi) is 4.78. The van der Waals surface area contributed by atoms with E-state index in [4.69, 9.17) is 9.15 Å². The van der Waals surface area contributed by atoms with Gasteiger partial charge in [0.25, 0.3) is 0 Å². The maximum absolute atomic E-state index is 11.6. The predicted molar refractivity (Wildman–Crippen MR) is 67.0 cm³/mol. The lowest BCUT2D eigenvalue weighted by Crippen LogP contribution is -2.45. The van der Waals surface area contributed by atoms with E-state index in [0.29, 0.717) is 6.04 Å². The summed E-state index contributed by atoms with van der Waals surface area (Å²) in [7, 11) is 1.55. The smallest absolute Gasteiger partial charge is 0.248 e. The van der Waals surface area contributed by atoms with Crippen molar-refractivity contribution in [2.45, 2.75) is 25.4 Å². The van der Waals surface area contributed by atoms with Crippen molar-refractivity contribution in [1.82, 2.24) is 10.2 Å². The molecule has 0 spiro atoms. The molecule has 100 valence electrons. The normalized spacial score (nSPS) is 17.1. The second-order valence-electron chi connectivity index (χ2n) is 4.55. The molecule has 18 heavy (non-hydrogen) atoms. The van der Waals surface area contributed by atoms with E-state index in [2.05, 4.69) is 5.32 Å². The zero-order valence-corrected chi connectivity index (χ0v) is 10.7. The molecule has 1 aliphatic heterocycles. The highest BCUT2D eigenvalue weighted by Gasteiger charge is 2.22. The van der Waals surface area contributed by atoms with E-state index in [1.54, 1.807) is 13.4 Å². The molecule has 5 nitrogen and oxygen atoms in total. The number of likely N-dealkylation sites (tertiary alicyclic amines) is 1. The second-order valence-corrected chi connectivity index (χ2v) is 4.55. The average molecular weight is 252 g/mol. The third kappa shape index (κ3) is 3.58. The van der Waals surface area contributed by atoms with Gasteiger partial charge in [-0.05, 0) is 25.0 Å². The van der Waals surface area contributed by atoms with Crippen LogP contribution >= 0.6 is 0 Å². The Balaban J connectivity index is 1.68. The molecule has 0 radical (unpaired) electrons. The van der Waals surface area contributed by atoms with Crippen LogP contribution in [-0.4, -0.2) is 43.7 Å². The third-order valence-corrected chi connectivity index (χ3v) is 3.26. The van der Waals surface area contributed by atoms with Gasteiger partial charge in [0, 0.05) is 26.2 Å². The van der Waals surface area contributed by atoms with Crippen LogP contribution in [0.15, 0.2) is 22.8 Å². The number of nitrogens with zero attached hydrogens (tertiary/aromatic N) is 1. The van der Waals surface area contributed by atoms with Crippen LogP contribution in [0.25, 0.3) is 0 Å². The number of methoxy groups -OCH3 is 1. The Morgan fingerprint density at radius 1 is 1.56 bits per heavy atom. The topological polar surface area (TPSA) is 54.7 Å². The van der Waals surface area contributed by atoms with Crippen LogP contribution < -0.4 is 5.32 Å². The fourth-order valence-corrected chi connectivity index (χ4v) is 2.21. The summed E-state index contributed by atoms with van der Waals surface area (Å²) in [4.78, 5) is 13.5. The number of carbonyl (C=O) groups excluding carboxylic acids is 1. The summed E-state index contributed by atoms with van der Waals surface area (Å²) < 4.78 is 10.1. The summed E-state index contributed by atoms with van der Waals surface area (Å²) in [5.41, 5.74) is 0. The van der Waals surface area contributed by atoms with Gasteiger partial charge in [-0.25, -0.2) is 0 Å². The molecule has 2 rings (SSSR count). The fourth-order valence-electron chi connectivity index (χ4n) is 2.21. The second kappa shape index (κ2) is 6.56. The lowest BCUT2D eigenvalue weighted by Gasteiger charge is -2.32. The van der Waals surface area contributed by atoms with Gasteiger partial charge in [-0.15, -0.1) is 0 Å². The minimum absolute atomic E-state index is 0.0852. The van der Waals surface area contributed by atoms with Crippen LogP contribution in [-0.2, 0) is 16.1 Å². The molecule has 0 bridgehead atoms. The number of ether oxygens (including phenoxy) is 1. The molecular weight excluding hydrogens is 232 g/mol. The highest BCUT2D eigenvalue weighted by molar-refractivity contribution is 5.77. The summed E-state index contributed by atoms with van der Waals surface area (Å²) in [5, 5.41) is 3.45. The first-order valence-electron chi connectivity index (χ1n) is 6.32. The van der Waals surface area contributed by atoms with Crippen LogP contribution in [0.5, 0.6) is 0 Å². The molecule has 1 saturated heterocycles. The third-order valence-electron chi connectivity index (χ3n) is 3.26. The quantitative estimate of drug-likeness (QED) is 0.849. The number of amides is 1. The van der Waals surface area contributed by atoms with Crippen molar-refractivity contribution in [2.24, 2.45) is 0 Å². The van der Waals surface area contributed by atoms with E-state index in [9.17, 15) is 4.79 Å². The molecule has 0 atom stereocenters. The summed E-state index contributed by atoms with van der Waals surface area (Å²) in [6.07, 6.45) is 3.65. The van der Waals surface area contributed by atoms with Crippen LogP contribution in [0.1, 0.15) is 18.6 Å². The van der Waals surface area contributed by atoms with Gasteiger partial charge in [-0.3, -0.25) is 4.79 Å². The Bertz CT molecular complexity index is 356. The van der Waals surface area contributed by atoms with Crippen LogP contribution in [0, 0.1) is 0 Å². The zero-order valence-electron chi connectivity index (χ0n) is 10.7. The van der Waals surface area contributed by atoms with E-state index in [1.807, 2.05) is 17.0 Å². The zero-order chi connectivity index (χ0) is 12.8. The number of rotatable bonds is 5. The van der Waals surface area contributed by atoms with E-state index >= 15 is 0 Å². The minimum Gasteiger partial charge on any atom is -0.468 e. The summed E-state index contributed by atoms with van der Waals surface area (Å²) >= 11 is 0. The number of hydrogen-bond acceptors (Lipinski definition) is 4. The predicted octanol–water partition coefficient (Wildman–Crippen LogP) is 1.01. The van der Waals surface area contributed by atoms with Gasteiger partial charge in [0.05, 0.1) is 12.8 Å². The SMILES string of the molecule is COCC(=O)N1CCC(NCc2ccco2)CC1. The molecule has 5 heteroatoms. The summed E-state index contributed by atoms with van der Waals surface area (Å²) in [6.45, 7) is 2.55. The minimum atomic E-state index is 0.0852. The Hall–Kier alpha value is -1.33. The number of carbonyl (C=O) groups is 1. The molecule has 1 aliphatic rings. The first kappa shape index (κ1) is 13.1. The molecule has 1 N–H and O–H groups in total. The van der Waals surface area contributed by atoms with Crippen LogP contribution in [0.2, 0.25) is 0 Å². The van der Waals surface area contributed by atoms with Crippen molar-refractivity contribution in [1.29, 1.82) is 0 Å². The largest absolute Gasteiger partial charge is 0.468 e. The molecule has 1 amide bonds. The van der Waals surface area contributed by atoms with Gasteiger partial charge in [0.1, 0.15) is 12.4 Å². The molecular formula is C13H20N2O3. The first-order chi connectivity index (χ1) is 8.79. The standard InChI is InChI=1S/C13H20N2O3/c1-17-10-13(16)15-6-4-11(5-7-15)14-9-12-3-2-8-18-12/h2-3,8,11,14H,4-7,9-10H2,1H3. The molecule has 1 aromatic rings. The number of hydrogen-bond donors (Lipinski definition) is 1. The number of piperidine rings is 1. The van der Waals surface area contributed by atoms with Crippen molar-refractivity contribution < 1.29 is 13.9 Å². The van der Waals surface area contributed by atoms with E-state index in [0.717, 1.165) is 38.2 Å². The van der Waals surface area contributed by atoms with Gasteiger partial charge < -0.3 is 19.4 Å². The van der Waals surface area contributed by atoms with Gasteiger partial charge in [0.15, 0.2) is 0 Å². The van der Waals surface area contributed by atoms with Crippen LogP contribution in [0.4, 0.5) is 0 Å². The lowest BCUT2D eigenvalue weighted by atomic mass is 10.0. The monoisotopic (exact) mass is 252 g/mol. The maximum atomic E-state index is 11.6. The Labute approximate surface area is 107 Å². The van der Waals surface area contributed by atoms with Crippen molar-refractivity contribution in [3.8, 4) is 0 Å². The molecule has 0 aliphatic carbocycles. The van der Waals surface area contributed by atoms with Crippen molar-refractivity contribution in [3.05, 3.63) is 24.2 Å². The Morgan fingerprint density at radius 2 is 2.33 bits per heavy atom. The van der Waals surface area contributed by atoms with E-state index in [-0.39, 0.29) is 12.5 Å². The molecule has 1 aromatic heterocycles. The van der Waals surface area contributed by atoms with Gasteiger partial charge >= 0.3 is 0 Å². The summed E-state index contributed by atoms with van der Waals surface area (Å²) in [6, 6.07) is 4.31. The number of nitrogens with one attached hydrogen (secondary N) is 1. The van der Waals surface area contributed by atoms with E-state index < -0.39 is 0 Å². The summed E-state index contributed by atoms with van der Waals surface area (Å²) in [5.74, 6) is 1.04. The first-order valence-corrected chi connectivity index (χ1v) is 6.32. The fraction of sp³-hybridized carbons (Fsp3) is 0.615. The molecule has 0 aromatic carbocycles. The Morgan fingerprint density at radius 3 is 2.94 bits per heavy atom. The lowest BCUT2D eigenvalue weighted by molar-refractivity contribution is -0.136. The van der Waals surface area contributed by atoms with Gasteiger partial charge in [-0.2, -0.15) is 0 Å². The van der Waals surface area contributed by atoms with Crippen LogP contribution in [0.3, 0.4) is 0 Å². The maximum Gasteiger partial charge on any atom is 0.248 e. The highest BCUT2D eigenvalue weighted by atomic mass is 16.5. The molecule has 2 heterocycles. The van der Waals surface area contributed by atoms with Crippen molar-refractivity contribution in [2.75, 3.05) is 26.8 Å². The average Bonchev–Trinajstić information content (AvgIpc) is 2.90. The highest BCUT2D eigenvalue weighted by Crippen LogP contribution is 2.11. The van der Waals surface area contributed by atoms with E-state index in [1.165, 1.54) is 0 Å². The number of furan rings is 1. The molecule has 1 fully saturated rings. The molecule has 0 unspecified atom stereocenters. The van der Waals surface area contributed by atoms with Gasteiger partial charge in [0.2, 0.25) is 5.91 Å². The molecule has 0 saturated carbocycles. The van der Waals surface area contributed by atoms with Gasteiger partial charge in [-0.1, -0.05) is 0 Å².